The molecule has 1 saturated heterocycles. The molecular formula is C24H28N4O3. The SMILES string of the molecule is O=C(NCCc1c[nH]c2ccccc12)NCC(C(=O)N1CCOCC1)c1ccccc1. The van der Waals surface area contributed by atoms with Crippen LogP contribution >= 0.6 is 0 Å². The van der Waals surface area contributed by atoms with Gasteiger partial charge in [-0.2, -0.15) is 0 Å². The molecule has 0 saturated carbocycles. The summed E-state index contributed by atoms with van der Waals surface area (Å²) in [6, 6.07) is 17.5. The Morgan fingerprint density at radius 1 is 1.00 bits per heavy atom. The number of nitrogens with zero attached hydrogens (tertiary/aromatic N) is 1. The van der Waals surface area contributed by atoms with Crippen LogP contribution in [0.5, 0.6) is 0 Å². The number of hydrogen-bond acceptors (Lipinski definition) is 3. The van der Waals surface area contributed by atoms with Crippen molar-refractivity contribution in [2.75, 3.05) is 39.4 Å². The van der Waals surface area contributed by atoms with Crippen LogP contribution < -0.4 is 10.6 Å². The Morgan fingerprint density at radius 2 is 1.74 bits per heavy atom. The minimum Gasteiger partial charge on any atom is -0.378 e. The summed E-state index contributed by atoms with van der Waals surface area (Å²) in [5, 5.41) is 6.96. The van der Waals surface area contributed by atoms with Gasteiger partial charge >= 0.3 is 6.03 Å². The van der Waals surface area contributed by atoms with Crippen LogP contribution in [0.4, 0.5) is 4.79 Å². The number of rotatable bonds is 7. The third-order valence-corrected chi connectivity index (χ3v) is 5.64. The second-order valence-corrected chi connectivity index (χ2v) is 7.65. The fourth-order valence-electron chi connectivity index (χ4n) is 3.94. The van der Waals surface area contributed by atoms with Gasteiger partial charge in [0.1, 0.15) is 0 Å². The predicted molar refractivity (Wildman–Crippen MR) is 120 cm³/mol. The van der Waals surface area contributed by atoms with Crippen LogP contribution in [0.3, 0.4) is 0 Å². The number of aromatic amines is 1. The molecule has 2 aromatic carbocycles. The lowest BCUT2D eigenvalue weighted by molar-refractivity contribution is -0.136. The number of carbonyl (C=O) groups excluding carboxylic acids is 2. The van der Waals surface area contributed by atoms with Gasteiger partial charge in [0.15, 0.2) is 0 Å². The number of hydrogen-bond donors (Lipinski definition) is 3. The van der Waals surface area contributed by atoms with Gasteiger partial charge in [-0.1, -0.05) is 48.5 Å². The number of H-pyrrole nitrogens is 1. The standard InChI is InChI=1S/C24H28N4O3/c29-23(28-12-14-31-15-13-28)21(18-6-2-1-3-7-18)17-27-24(30)25-11-10-19-16-26-22-9-5-4-8-20(19)22/h1-9,16,21,26H,10-15,17H2,(H2,25,27,30). The zero-order chi connectivity index (χ0) is 21.5. The Bertz CT molecular complexity index is 1010. The highest BCUT2D eigenvalue weighted by molar-refractivity contribution is 5.85. The van der Waals surface area contributed by atoms with Crippen molar-refractivity contribution in [3.8, 4) is 0 Å². The predicted octanol–water partition coefficient (Wildman–Crippen LogP) is 2.65. The molecule has 4 rings (SSSR count). The van der Waals surface area contributed by atoms with E-state index in [0.29, 0.717) is 32.8 Å². The fraction of sp³-hybridized carbons (Fsp3) is 0.333. The lowest BCUT2D eigenvalue weighted by Gasteiger charge is -2.30. The highest BCUT2D eigenvalue weighted by Gasteiger charge is 2.27. The van der Waals surface area contributed by atoms with Crippen molar-refractivity contribution in [2.24, 2.45) is 0 Å². The largest absolute Gasteiger partial charge is 0.378 e. The smallest absolute Gasteiger partial charge is 0.314 e. The maximum atomic E-state index is 13.1. The van der Waals surface area contributed by atoms with E-state index in [1.165, 1.54) is 10.9 Å². The molecule has 1 aliphatic heterocycles. The van der Waals surface area contributed by atoms with Gasteiger partial charge in [-0.3, -0.25) is 4.79 Å². The van der Waals surface area contributed by atoms with E-state index in [1.54, 1.807) is 0 Å². The molecule has 0 spiro atoms. The van der Waals surface area contributed by atoms with E-state index in [0.717, 1.165) is 17.5 Å². The quantitative estimate of drug-likeness (QED) is 0.549. The van der Waals surface area contributed by atoms with Crippen LogP contribution in [0.2, 0.25) is 0 Å². The van der Waals surface area contributed by atoms with E-state index in [-0.39, 0.29) is 18.5 Å². The zero-order valence-electron chi connectivity index (χ0n) is 17.5. The molecule has 1 aliphatic rings. The molecule has 162 valence electrons. The highest BCUT2D eigenvalue weighted by Crippen LogP contribution is 2.19. The highest BCUT2D eigenvalue weighted by atomic mass is 16.5. The first-order chi connectivity index (χ1) is 15.2. The number of benzene rings is 2. The van der Waals surface area contributed by atoms with Crippen molar-refractivity contribution in [3.63, 3.8) is 0 Å². The van der Waals surface area contributed by atoms with Gasteiger partial charge in [0.05, 0.1) is 19.1 Å². The lowest BCUT2D eigenvalue weighted by atomic mass is 9.97. The van der Waals surface area contributed by atoms with Crippen LogP contribution in [0.25, 0.3) is 10.9 Å². The number of morpholine rings is 1. The van der Waals surface area contributed by atoms with Gasteiger partial charge in [-0.15, -0.1) is 0 Å². The van der Waals surface area contributed by atoms with E-state index >= 15 is 0 Å². The summed E-state index contributed by atoms with van der Waals surface area (Å²) in [6.45, 7) is 3.03. The van der Waals surface area contributed by atoms with Gasteiger partial charge in [0, 0.05) is 43.3 Å². The third kappa shape index (κ3) is 5.24. The molecule has 1 aromatic heterocycles. The number of urea groups is 1. The van der Waals surface area contributed by atoms with Crippen LogP contribution in [-0.4, -0.2) is 61.2 Å². The first-order valence-electron chi connectivity index (χ1n) is 10.7. The van der Waals surface area contributed by atoms with E-state index < -0.39 is 5.92 Å². The van der Waals surface area contributed by atoms with Crippen molar-refractivity contribution in [2.45, 2.75) is 12.3 Å². The maximum absolute atomic E-state index is 13.1. The number of para-hydroxylation sites is 1. The van der Waals surface area contributed by atoms with Gasteiger partial charge in [-0.25, -0.2) is 4.79 Å². The molecule has 7 heteroatoms. The molecule has 3 amide bonds. The maximum Gasteiger partial charge on any atom is 0.314 e. The van der Waals surface area contributed by atoms with Crippen molar-refractivity contribution in [3.05, 3.63) is 71.9 Å². The summed E-state index contributed by atoms with van der Waals surface area (Å²) in [7, 11) is 0. The number of ether oxygens (including phenoxy) is 1. The van der Waals surface area contributed by atoms with Crippen LogP contribution in [-0.2, 0) is 16.0 Å². The number of carbonyl (C=O) groups is 2. The Labute approximate surface area is 181 Å². The summed E-state index contributed by atoms with van der Waals surface area (Å²) in [4.78, 5) is 30.6. The van der Waals surface area contributed by atoms with Crippen molar-refractivity contribution < 1.29 is 14.3 Å². The summed E-state index contributed by atoms with van der Waals surface area (Å²) in [6.07, 6.45) is 2.71. The van der Waals surface area contributed by atoms with E-state index in [9.17, 15) is 9.59 Å². The number of nitrogens with one attached hydrogen (secondary N) is 3. The Hall–Kier alpha value is -3.32. The minimum atomic E-state index is -0.418. The van der Waals surface area contributed by atoms with Crippen LogP contribution in [0, 0.1) is 0 Å². The fourth-order valence-corrected chi connectivity index (χ4v) is 3.94. The zero-order valence-corrected chi connectivity index (χ0v) is 17.5. The van der Waals surface area contributed by atoms with Crippen LogP contribution in [0.1, 0.15) is 17.0 Å². The van der Waals surface area contributed by atoms with Gasteiger partial charge < -0.3 is 25.3 Å². The monoisotopic (exact) mass is 420 g/mol. The van der Waals surface area contributed by atoms with E-state index in [1.807, 2.05) is 59.6 Å². The molecule has 1 fully saturated rings. The molecule has 31 heavy (non-hydrogen) atoms. The first-order valence-corrected chi connectivity index (χ1v) is 10.7. The Morgan fingerprint density at radius 3 is 2.55 bits per heavy atom. The van der Waals surface area contributed by atoms with Crippen molar-refractivity contribution >= 4 is 22.8 Å². The molecule has 3 N–H and O–H groups in total. The summed E-state index contributed by atoms with van der Waals surface area (Å²) in [5.41, 5.74) is 3.16. The van der Waals surface area contributed by atoms with E-state index in [2.05, 4.69) is 21.7 Å². The molecule has 2 heterocycles. The number of amides is 3. The minimum absolute atomic E-state index is 0.0218. The molecule has 1 atom stereocenters. The molecular weight excluding hydrogens is 392 g/mol. The number of aromatic nitrogens is 1. The first kappa shape index (κ1) is 20.9. The third-order valence-electron chi connectivity index (χ3n) is 5.64. The Balaban J connectivity index is 1.32. The van der Waals surface area contributed by atoms with Crippen molar-refractivity contribution in [1.82, 2.24) is 20.5 Å². The van der Waals surface area contributed by atoms with Gasteiger partial charge in [-0.05, 0) is 23.6 Å². The second kappa shape index (κ2) is 10.1. The molecule has 0 aliphatic carbocycles. The topological polar surface area (TPSA) is 86.5 Å². The summed E-state index contributed by atoms with van der Waals surface area (Å²) >= 11 is 0. The summed E-state index contributed by atoms with van der Waals surface area (Å²) in [5.74, 6) is -0.396. The molecule has 0 bridgehead atoms. The Kier molecular flexibility index (Phi) is 6.84. The van der Waals surface area contributed by atoms with Gasteiger partial charge in [0.2, 0.25) is 5.91 Å². The van der Waals surface area contributed by atoms with E-state index in [4.69, 9.17) is 4.74 Å². The second-order valence-electron chi connectivity index (χ2n) is 7.65. The van der Waals surface area contributed by atoms with Gasteiger partial charge in [0.25, 0.3) is 0 Å². The lowest BCUT2D eigenvalue weighted by Crippen LogP contribution is -2.46. The molecule has 7 nitrogen and oxygen atoms in total. The summed E-state index contributed by atoms with van der Waals surface area (Å²) < 4.78 is 5.36. The molecule has 3 aromatic rings. The number of fused-ring (bicyclic) bond motifs is 1. The molecule has 0 radical (unpaired) electrons. The average molecular weight is 421 g/mol. The normalized spacial score (nSPS) is 14.9. The van der Waals surface area contributed by atoms with Crippen molar-refractivity contribution in [1.29, 1.82) is 0 Å². The van der Waals surface area contributed by atoms with Crippen LogP contribution in [0.15, 0.2) is 60.8 Å². The molecule has 1 unspecified atom stereocenters. The average Bonchev–Trinajstić information content (AvgIpc) is 3.23.